The summed E-state index contributed by atoms with van der Waals surface area (Å²) in [6.07, 6.45) is 9.56. The number of benzene rings is 1. The first-order chi connectivity index (χ1) is 12.6. The summed E-state index contributed by atoms with van der Waals surface area (Å²) >= 11 is 0. The van der Waals surface area contributed by atoms with Crippen molar-refractivity contribution >= 4 is 23.2 Å². The van der Waals surface area contributed by atoms with Crippen LogP contribution in [0.4, 0.5) is 11.4 Å². The zero-order chi connectivity index (χ0) is 18.4. The molecule has 3 rings (SSSR count). The topological polar surface area (TPSA) is 88.9 Å². The standard InChI is InChI=1S/C19H25N5O2/c1-14(24-13-20-12-21-24)19(26)23-17-9-7-16(8-10-17)22-18(25)11-6-15-4-2-3-5-15/h7-10,12-15H,2-6,11H2,1H3,(H,22,25)(H,23,26). The second-order valence-electron chi connectivity index (χ2n) is 6.86. The molecule has 1 aromatic heterocycles. The average molecular weight is 355 g/mol. The maximum absolute atomic E-state index is 12.2. The monoisotopic (exact) mass is 355 g/mol. The molecule has 7 heteroatoms. The van der Waals surface area contributed by atoms with Gasteiger partial charge in [0.2, 0.25) is 11.8 Å². The number of nitrogens with zero attached hydrogens (tertiary/aromatic N) is 3. The molecule has 2 amide bonds. The lowest BCUT2D eigenvalue weighted by Gasteiger charge is -2.13. The van der Waals surface area contributed by atoms with Gasteiger partial charge in [-0.05, 0) is 43.5 Å². The van der Waals surface area contributed by atoms with E-state index in [0.29, 0.717) is 18.0 Å². The van der Waals surface area contributed by atoms with Gasteiger partial charge in [-0.2, -0.15) is 5.10 Å². The summed E-state index contributed by atoms with van der Waals surface area (Å²) < 4.78 is 1.49. The lowest BCUT2D eigenvalue weighted by Crippen LogP contribution is -2.24. The molecule has 1 unspecified atom stereocenters. The minimum absolute atomic E-state index is 0.0495. The fraction of sp³-hybridized carbons (Fsp3) is 0.474. The van der Waals surface area contributed by atoms with Crippen LogP contribution in [0.1, 0.15) is 51.5 Å². The molecule has 0 bridgehead atoms. The largest absolute Gasteiger partial charge is 0.326 e. The van der Waals surface area contributed by atoms with E-state index in [0.717, 1.165) is 12.1 Å². The normalized spacial score (nSPS) is 15.6. The van der Waals surface area contributed by atoms with Crippen LogP contribution in [0.3, 0.4) is 0 Å². The highest BCUT2D eigenvalue weighted by atomic mass is 16.2. The first-order valence-corrected chi connectivity index (χ1v) is 9.16. The Hall–Kier alpha value is -2.70. The molecule has 0 aliphatic heterocycles. The molecule has 0 spiro atoms. The Balaban J connectivity index is 1.46. The molecule has 1 aliphatic carbocycles. The van der Waals surface area contributed by atoms with Gasteiger partial charge in [-0.15, -0.1) is 0 Å². The molecule has 7 nitrogen and oxygen atoms in total. The Kier molecular flexibility index (Phi) is 5.99. The van der Waals surface area contributed by atoms with Crippen molar-refractivity contribution in [3.05, 3.63) is 36.9 Å². The molecular weight excluding hydrogens is 330 g/mol. The quantitative estimate of drug-likeness (QED) is 0.797. The van der Waals surface area contributed by atoms with Gasteiger partial charge < -0.3 is 10.6 Å². The van der Waals surface area contributed by atoms with E-state index in [4.69, 9.17) is 0 Å². The summed E-state index contributed by atoms with van der Waals surface area (Å²) in [5.41, 5.74) is 1.41. The SMILES string of the molecule is CC(C(=O)Nc1ccc(NC(=O)CCC2CCCC2)cc1)n1cncn1. The minimum Gasteiger partial charge on any atom is -0.326 e. The summed E-state index contributed by atoms with van der Waals surface area (Å²) in [5, 5.41) is 9.72. The third-order valence-electron chi connectivity index (χ3n) is 4.90. The predicted molar refractivity (Wildman–Crippen MR) is 99.6 cm³/mol. The van der Waals surface area contributed by atoms with Crippen LogP contribution in [0.15, 0.2) is 36.9 Å². The molecule has 138 valence electrons. The fourth-order valence-corrected chi connectivity index (χ4v) is 3.28. The Morgan fingerprint density at radius 3 is 2.42 bits per heavy atom. The Morgan fingerprint density at radius 1 is 1.15 bits per heavy atom. The van der Waals surface area contributed by atoms with Crippen molar-refractivity contribution < 1.29 is 9.59 Å². The highest BCUT2D eigenvalue weighted by Gasteiger charge is 2.17. The molecule has 1 atom stereocenters. The van der Waals surface area contributed by atoms with Crippen molar-refractivity contribution in [2.45, 2.75) is 51.5 Å². The van der Waals surface area contributed by atoms with Crippen LogP contribution >= 0.6 is 0 Å². The molecule has 26 heavy (non-hydrogen) atoms. The van der Waals surface area contributed by atoms with Crippen LogP contribution in [0.25, 0.3) is 0 Å². The number of carbonyl (C=O) groups is 2. The van der Waals surface area contributed by atoms with Crippen molar-refractivity contribution in [2.75, 3.05) is 10.6 Å². The van der Waals surface area contributed by atoms with Crippen LogP contribution in [0.2, 0.25) is 0 Å². The molecule has 2 N–H and O–H groups in total. The van der Waals surface area contributed by atoms with Gasteiger partial charge in [0.15, 0.2) is 0 Å². The smallest absolute Gasteiger partial charge is 0.249 e. The van der Waals surface area contributed by atoms with E-state index in [9.17, 15) is 9.59 Å². The summed E-state index contributed by atoms with van der Waals surface area (Å²) in [7, 11) is 0. The lowest BCUT2D eigenvalue weighted by molar-refractivity contribution is -0.119. The van der Waals surface area contributed by atoms with E-state index in [1.54, 1.807) is 31.2 Å². The fourth-order valence-electron chi connectivity index (χ4n) is 3.28. The summed E-state index contributed by atoms with van der Waals surface area (Å²) in [6.45, 7) is 1.75. The van der Waals surface area contributed by atoms with Crippen molar-refractivity contribution in [2.24, 2.45) is 5.92 Å². The highest BCUT2D eigenvalue weighted by molar-refractivity contribution is 5.94. The highest BCUT2D eigenvalue weighted by Crippen LogP contribution is 2.28. The number of anilines is 2. The molecule has 0 radical (unpaired) electrons. The number of nitrogens with one attached hydrogen (secondary N) is 2. The third kappa shape index (κ3) is 4.91. The van der Waals surface area contributed by atoms with Crippen LogP contribution in [0.5, 0.6) is 0 Å². The van der Waals surface area contributed by atoms with Crippen molar-refractivity contribution in [1.29, 1.82) is 0 Å². The summed E-state index contributed by atoms with van der Waals surface area (Å²) in [4.78, 5) is 28.1. The van der Waals surface area contributed by atoms with Gasteiger partial charge in [-0.25, -0.2) is 9.67 Å². The first kappa shape index (κ1) is 18.1. The van der Waals surface area contributed by atoms with Gasteiger partial charge >= 0.3 is 0 Å². The first-order valence-electron chi connectivity index (χ1n) is 9.16. The van der Waals surface area contributed by atoms with E-state index < -0.39 is 6.04 Å². The molecule has 1 aliphatic rings. The maximum atomic E-state index is 12.2. The van der Waals surface area contributed by atoms with Crippen molar-refractivity contribution in [1.82, 2.24) is 14.8 Å². The van der Waals surface area contributed by atoms with Crippen molar-refractivity contribution in [3.63, 3.8) is 0 Å². The Labute approximate surface area is 153 Å². The summed E-state index contributed by atoms with van der Waals surface area (Å²) in [6, 6.07) is 6.69. The molecular formula is C19H25N5O2. The van der Waals surface area contributed by atoms with Crippen LogP contribution in [-0.4, -0.2) is 26.6 Å². The molecule has 1 aromatic carbocycles. The second kappa shape index (κ2) is 8.60. The zero-order valence-corrected chi connectivity index (χ0v) is 15.0. The second-order valence-corrected chi connectivity index (χ2v) is 6.86. The number of hydrogen-bond acceptors (Lipinski definition) is 4. The van der Waals surface area contributed by atoms with E-state index in [2.05, 4.69) is 20.7 Å². The zero-order valence-electron chi connectivity index (χ0n) is 15.0. The van der Waals surface area contributed by atoms with Crippen molar-refractivity contribution in [3.8, 4) is 0 Å². The average Bonchev–Trinajstić information content (AvgIpc) is 3.35. The number of rotatable bonds is 7. The number of amides is 2. The van der Waals surface area contributed by atoms with Crippen LogP contribution in [0, 0.1) is 5.92 Å². The van der Waals surface area contributed by atoms with Crippen LogP contribution < -0.4 is 10.6 Å². The third-order valence-corrected chi connectivity index (χ3v) is 4.90. The Morgan fingerprint density at radius 2 is 1.81 bits per heavy atom. The molecule has 1 fully saturated rings. The van der Waals surface area contributed by atoms with Gasteiger partial charge in [-0.3, -0.25) is 9.59 Å². The Bertz CT molecular complexity index is 721. The van der Waals surface area contributed by atoms with E-state index in [1.807, 2.05) is 0 Å². The minimum atomic E-state index is -0.451. The molecule has 2 aromatic rings. The maximum Gasteiger partial charge on any atom is 0.249 e. The van der Waals surface area contributed by atoms with Gasteiger partial charge in [0.05, 0.1) is 0 Å². The number of aromatic nitrogens is 3. The van der Waals surface area contributed by atoms with Gasteiger partial charge in [0, 0.05) is 17.8 Å². The van der Waals surface area contributed by atoms with E-state index >= 15 is 0 Å². The van der Waals surface area contributed by atoms with Gasteiger partial charge in [0.1, 0.15) is 18.7 Å². The molecule has 0 saturated heterocycles. The van der Waals surface area contributed by atoms with Gasteiger partial charge in [-0.1, -0.05) is 25.7 Å². The molecule has 1 saturated carbocycles. The van der Waals surface area contributed by atoms with Gasteiger partial charge in [0.25, 0.3) is 0 Å². The predicted octanol–water partition coefficient (Wildman–Crippen LogP) is 3.39. The number of hydrogen-bond donors (Lipinski definition) is 2. The lowest BCUT2D eigenvalue weighted by atomic mass is 10.0. The number of carbonyl (C=O) groups excluding carboxylic acids is 2. The van der Waals surface area contributed by atoms with E-state index in [1.165, 1.54) is 43.0 Å². The molecule has 1 heterocycles. The van der Waals surface area contributed by atoms with Crippen LogP contribution in [-0.2, 0) is 9.59 Å². The summed E-state index contributed by atoms with van der Waals surface area (Å²) in [5.74, 6) is 0.586. The van der Waals surface area contributed by atoms with E-state index in [-0.39, 0.29) is 11.8 Å².